The zero-order chi connectivity index (χ0) is 12.3. The monoisotopic (exact) mass is 314 g/mol. The highest BCUT2D eigenvalue weighted by atomic mass is 35.5. The molecule has 6 heteroatoms. The van der Waals surface area contributed by atoms with Gasteiger partial charge in [-0.1, -0.05) is 11.6 Å². The van der Waals surface area contributed by atoms with Gasteiger partial charge in [0.2, 0.25) is 0 Å². The Hall–Kier alpha value is -0.190. The molecule has 0 atom stereocenters. The Bertz CT molecular complexity index is 339. The fourth-order valence-electron chi connectivity index (χ4n) is 1.64. The molecular formula is C12H21Cl3N2O. The molecule has 0 spiro atoms. The van der Waals surface area contributed by atoms with Gasteiger partial charge < -0.3 is 14.9 Å². The Balaban J connectivity index is 0. The van der Waals surface area contributed by atoms with Crippen molar-refractivity contribution in [3.05, 3.63) is 28.3 Å². The maximum Gasteiger partial charge on any atom is 0.124 e. The van der Waals surface area contributed by atoms with E-state index in [1.54, 1.807) is 0 Å². The van der Waals surface area contributed by atoms with E-state index < -0.39 is 0 Å². The van der Waals surface area contributed by atoms with Gasteiger partial charge in [0, 0.05) is 29.2 Å². The molecule has 1 rings (SSSR count). The molecule has 3 nitrogen and oxygen atoms in total. The molecule has 0 aliphatic heterocycles. The molecule has 0 radical (unpaired) electrons. The Labute approximate surface area is 127 Å². The van der Waals surface area contributed by atoms with E-state index in [2.05, 4.69) is 0 Å². The van der Waals surface area contributed by atoms with E-state index in [1.165, 1.54) is 0 Å². The third kappa shape index (κ3) is 6.12. The molecule has 0 heterocycles. The average Bonchev–Trinajstić information content (AvgIpc) is 2.11. The van der Waals surface area contributed by atoms with Crippen LogP contribution in [0.15, 0.2) is 12.1 Å². The van der Waals surface area contributed by atoms with E-state index in [0.29, 0.717) is 23.9 Å². The van der Waals surface area contributed by atoms with Crippen LogP contribution < -0.4 is 0 Å². The van der Waals surface area contributed by atoms with E-state index in [9.17, 15) is 5.11 Å². The first-order valence-corrected chi connectivity index (χ1v) is 5.57. The van der Waals surface area contributed by atoms with E-state index in [0.717, 1.165) is 11.1 Å². The van der Waals surface area contributed by atoms with Gasteiger partial charge in [0.05, 0.1) is 0 Å². The fourth-order valence-corrected chi connectivity index (χ4v) is 1.90. The van der Waals surface area contributed by atoms with Gasteiger partial charge in [0.15, 0.2) is 0 Å². The summed E-state index contributed by atoms with van der Waals surface area (Å²) in [7, 11) is 7.86. The fraction of sp³-hybridized carbons (Fsp3) is 0.500. The highest BCUT2D eigenvalue weighted by molar-refractivity contribution is 6.30. The van der Waals surface area contributed by atoms with Crippen LogP contribution in [0.1, 0.15) is 11.1 Å². The van der Waals surface area contributed by atoms with Crippen molar-refractivity contribution < 1.29 is 5.11 Å². The Morgan fingerprint density at radius 2 is 1.28 bits per heavy atom. The van der Waals surface area contributed by atoms with Gasteiger partial charge in [-0.05, 0) is 40.3 Å². The summed E-state index contributed by atoms with van der Waals surface area (Å²) < 4.78 is 0. The minimum atomic E-state index is 0. The van der Waals surface area contributed by atoms with Crippen molar-refractivity contribution in [3.8, 4) is 5.75 Å². The van der Waals surface area contributed by atoms with Gasteiger partial charge in [0.25, 0.3) is 0 Å². The zero-order valence-corrected chi connectivity index (χ0v) is 13.5. The number of phenols is 1. The molecule has 0 saturated heterocycles. The summed E-state index contributed by atoms with van der Waals surface area (Å²) in [6.45, 7) is 1.37. The molecule has 1 N–H and O–H groups in total. The van der Waals surface area contributed by atoms with Gasteiger partial charge >= 0.3 is 0 Å². The second-order valence-corrected chi connectivity index (χ2v) is 4.98. The SMILES string of the molecule is CN(C)Cc1cc(Cl)cc(CN(C)C)c1O.Cl.Cl. The third-order valence-corrected chi connectivity index (χ3v) is 2.42. The molecular weight excluding hydrogens is 295 g/mol. The van der Waals surface area contributed by atoms with Crippen molar-refractivity contribution in [2.24, 2.45) is 0 Å². The Morgan fingerprint density at radius 3 is 1.56 bits per heavy atom. The maximum absolute atomic E-state index is 10.1. The van der Waals surface area contributed by atoms with Crippen molar-refractivity contribution in [2.45, 2.75) is 13.1 Å². The highest BCUT2D eigenvalue weighted by Gasteiger charge is 2.10. The summed E-state index contributed by atoms with van der Waals surface area (Å²) in [4.78, 5) is 4.01. The summed E-state index contributed by atoms with van der Waals surface area (Å²) in [5.41, 5.74) is 1.74. The molecule has 0 aromatic heterocycles. The van der Waals surface area contributed by atoms with Crippen molar-refractivity contribution in [3.63, 3.8) is 0 Å². The molecule has 0 saturated carbocycles. The first-order chi connectivity index (χ1) is 7.40. The zero-order valence-electron chi connectivity index (χ0n) is 11.1. The van der Waals surface area contributed by atoms with Gasteiger partial charge in [-0.15, -0.1) is 24.8 Å². The molecule has 106 valence electrons. The van der Waals surface area contributed by atoms with Crippen LogP contribution in [0.5, 0.6) is 5.75 Å². The van der Waals surface area contributed by atoms with Gasteiger partial charge in [0.1, 0.15) is 5.75 Å². The van der Waals surface area contributed by atoms with Gasteiger partial charge in [-0.25, -0.2) is 0 Å². The summed E-state index contributed by atoms with van der Waals surface area (Å²) in [6, 6.07) is 3.63. The van der Waals surface area contributed by atoms with Crippen LogP contribution in [-0.4, -0.2) is 43.1 Å². The highest BCUT2D eigenvalue weighted by Crippen LogP contribution is 2.28. The number of benzene rings is 1. The Morgan fingerprint density at radius 1 is 0.944 bits per heavy atom. The number of phenolic OH excluding ortho intramolecular Hbond substituents is 1. The third-order valence-electron chi connectivity index (χ3n) is 2.21. The van der Waals surface area contributed by atoms with E-state index in [4.69, 9.17) is 11.6 Å². The number of aromatic hydroxyl groups is 1. The Kier molecular flexibility index (Phi) is 9.88. The predicted molar refractivity (Wildman–Crippen MR) is 82.4 cm³/mol. The van der Waals surface area contributed by atoms with Crippen LogP contribution in [0.4, 0.5) is 0 Å². The second-order valence-electron chi connectivity index (χ2n) is 4.55. The molecule has 0 unspecified atom stereocenters. The minimum absolute atomic E-state index is 0. The second kappa shape index (κ2) is 8.83. The molecule has 1 aromatic rings. The van der Waals surface area contributed by atoms with Gasteiger partial charge in [-0.2, -0.15) is 0 Å². The maximum atomic E-state index is 10.1. The molecule has 0 aliphatic carbocycles. The van der Waals surface area contributed by atoms with E-state index in [1.807, 2.05) is 50.1 Å². The van der Waals surface area contributed by atoms with Gasteiger partial charge in [-0.3, -0.25) is 0 Å². The topological polar surface area (TPSA) is 26.7 Å². The van der Waals surface area contributed by atoms with Crippen molar-refractivity contribution >= 4 is 36.4 Å². The summed E-state index contributed by atoms with van der Waals surface area (Å²) >= 11 is 6.04. The van der Waals surface area contributed by atoms with Crippen LogP contribution in [-0.2, 0) is 13.1 Å². The molecule has 0 bridgehead atoms. The van der Waals surface area contributed by atoms with Crippen LogP contribution in [0.3, 0.4) is 0 Å². The molecule has 0 aliphatic rings. The predicted octanol–water partition coefficient (Wildman–Crippen LogP) is 3.01. The quantitative estimate of drug-likeness (QED) is 0.925. The first-order valence-electron chi connectivity index (χ1n) is 5.20. The summed E-state index contributed by atoms with van der Waals surface area (Å²) in [5.74, 6) is 0.354. The van der Waals surface area contributed by atoms with Crippen LogP contribution in [0.2, 0.25) is 5.02 Å². The molecule has 1 aromatic carbocycles. The normalized spacial score (nSPS) is 10.2. The van der Waals surface area contributed by atoms with Crippen LogP contribution in [0, 0.1) is 0 Å². The number of hydrogen-bond donors (Lipinski definition) is 1. The van der Waals surface area contributed by atoms with Crippen LogP contribution >= 0.6 is 36.4 Å². The van der Waals surface area contributed by atoms with Crippen molar-refractivity contribution in [1.82, 2.24) is 9.80 Å². The molecule has 18 heavy (non-hydrogen) atoms. The lowest BCUT2D eigenvalue weighted by molar-refractivity contribution is 0.368. The number of nitrogens with zero attached hydrogens (tertiary/aromatic N) is 2. The number of hydrogen-bond acceptors (Lipinski definition) is 3. The van der Waals surface area contributed by atoms with E-state index >= 15 is 0 Å². The molecule has 0 fully saturated rings. The standard InChI is InChI=1S/C12H19ClN2O.2ClH/c1-14(2)7-9-5-11(13)6-10(12(9)16)8-15(3)4;;/h5-6,16H,7-8H2,1-4H3;2*1H. The first kappa shape index (κ1) is 20.1. The van der Waals surface area contributed by atoms with E-state index in [-0.39, 0.29) is 24.8 Å². The summed E-state index contributed by atoms with van der Waals surface area (Å²) in [5, 5.41) is 10.8. The average molecular weight is 316 g/mol. The lowest BCUT2D eigenvalue weighted by Gasteiger charge is -2.16. The van der Waals surface area contributed by atoms with Crippen LogP contribution in [0.25, 0.3) is 0 Å². The largest absolute Gasteiger partial charge is 0.507 e. The summed E-state index contributed by atoms with van der Waals surface area (Å²) in [6.07, 6.45) is 0. The number of rotatable bonds is 4. The lowest BCUT2D eigenvalue weighted by atomic mass is 10.1. The molecule has 0 amide bonds. The smallest absolute Gasteiger partial charge is 0.124 e. The lowest BCUT2D eigenvalue weighted by Crippen LogP contribution is -2.13. The van der Waals surface area contributed by atoms with Crippen molar-refractivity contribution in [2.75, 3.05) is 28.2 Å². The minimum Gasteiger partial charge on any atom is -0.507 e. The number of halogens is 3. The van der Waals surface area contributed by atoms with Crippen molar-refractivity contribution in [1.29, 1.82) is 0 Å².